The SMILES string of the molecule is CC1CC2CCN1CC2NC(=O)c1cc2c(C#N)coc2cn1. The fourth-order valence-electron chi connectivity index (χ4n) is 3.85. The lowest BCUT2D eigenvalue weighted by atomic mass is 9.80. The molecule has 5 heterocycles. The molecule has 0 spiro atoms. The molecule has 3 saturated heterocycles. The molecular weight excluding hydrogens is 292 g/mol. The summed E-state index contributed by atoms with van der Waals surface area (Å²) >= 11 is 0. The number of amides is 1. The van der Waals surface area contributed by atoms with Crippen molar-refractivity contribution in [3.63, 3.8) is 0 Å². The van der Waals surface area contributed by atoms with Crippen molar-refractivity contribution >= 4 is 16.9 Å². The minimum absolute atomic E-state index is 0.177. The number of carbonyl (C=O) groups excluding carboxylic acids is 1. The predicted molar refractivity (Wildman–Crippen MR) is 83.7 cm³/mol. The number of aromatic nitrogens is 1. The third-order valence-corrected chi connectivity index (χ3v) is 5.19. The Balaban J connectivity index is 1.54. The van der Waals surface area contributed by atoms with Crippen LogP contribution >= 0.6 is 0 Å². The molecule has 0 aliphatic carbocycles. The predicted octanol–water partition coefficient (Wildman–Crippen LogP) is 1.91. The summed E-state index contributed by atoms with van der Waals surface area (Å²) in [7, 11) is 0. The molecule has 23 heavy (non-hydrogen) atoms. The standard InChI is InChI=1S/C17H18N4O2/c1-10-4-11-2-3-21(10)8-15(11)20-17(22)14-5-13-12(6-18)9-23-16(13)7-19-14/h5,7,9-11,15H,2-4,8H2,1H3,(H,20,22). The summed E-state index contributed by atoms with van der Waals surface area (Å²) in [4.78, 5) is 19.1. The number of fused-ring (bicyclic) bond motifs is 4. The quantitative estimate of drug-likeness (QED) is 0.916. The van der Waals surface area contributed by atoms with Gasteiger partial charge in [-0.25, -0.2) is 4.98 Å². The number of nitrogens with one attached hydrogen (secondary N) is 1. The molecule has 2 aromatic rings. The van der Waals surface area contributed by atoms with Crippen molar-refractivity contribution in [1.29, 1.82) is 5.26 Å². The zero-order valence-electron chi connectivity index (χ0n) is 13.0. The van der Waals surface area contributed by atoms with E-state index in [0.717, 1.165) is 25.9 Å². The van der Waals surface area contributed by atoms with Gasteiger partial charge in [0.2, 0.25) is 0 Å². The maximum Gasteiger partial charge on any atom is 0.270 e. The Kier molecular flexibility index (Phi) is 3.31. The molecule has 5 rings (SSSR count). The van der Waals surface area contributed by atoms with Crippen LogP contribution in [-0.4, -0.2) is 41.0 Å². The van der Waals surface area contributed by atoms with E-state index in [1.54, 1.807) is 6.07 Å². The topological polar surface area (TPSA) is 82.2 Å². The Morgan fingerprint density at radius 1 is 1.57 bits per heavy atom. The summed E-state index contributed by atoms with van der Waals surface area (Å²) in [6, 6.07) is 4.50. The monoisotopic (exact) mass is 310 g/mol. The van der Waals surface area contributed by atoms with Crippen LogP contribution in [0.15, 0.2) is 22.9 Å². The number of pyridine rings is 1. The van der Waals surface area contributed by atoms with E-state index < -0.39 is 0 Å². The molecule has 4 atom stereocenters. The van der Waals surface area contributed by atoms with Crippen LogP contribution in [0.2, 0.25) is 0 Å². The number of nitriles is 1. The Labute approximate surface area is 134 Å². The van der Waals surface area contributed by atoms with Gasteiger partial charge < -0.3 is 9.73 Å². The van der Waals surface area contributed by atoms with Crippen LogP contribution in [0.3, 0.4) is 0 Å². The third-order valence-electron chi connectivity index (χ3n) is 5.19. The van der Waals surface area contributed by atoms with Crippen molar-refractivity contribution < 1.29 is 9.21 Å². The first-order valence-corrected chi connectivity index (χ1v) is 7.98. The van der Waals surface area contributed by atoms with Gasteiger partial charge in [0.25, 0.3) is 5.91 Å². The zero-order valence-corrected chi connectivity index (χ0v) is 13.0. The van der Waals surface area contributed by atoms with Crippen molar-refractivity contribution in [2.45, 2.75) is 31.8 Å². The van der Waals surface area contributed by atoms with Crippen LogP contribution in [0.25, 0.3) is 11.0 Å². The molecule has 118 valence electrons. The van der Waals surface area contributed by atoms with Crippen molar-refractivity contribution in [1.82, 2.24) is 15.2 Å². The number of rotatable bonds is 2. The van der Waals surface area contributed by atoms with Gasteiger partial charge in [-0.3, -0.25) is 9.69 Å². The molecule has 3 aliphatic rings. The highest BCUT2D eigenvalue weighted by Gasteiger charge is 2.38. The minimum atomic E-state index is -0.177. The van der Waals surface area contributed by atoms with Gasteiger partial charge in [-0.2, -0.15) is 5.26 Å². The summed E-state index contributed by atoms with van der Waals surface area (Å²) in [6.45, 7) is 4.29. The van der Waals surface area contributed by atoms with Crippen LogP contribution in [0.4, 0.5) is 0 Å². The second kappa shape index (κ2) is 5.36. The van der Waals surface area contributed by atoms with E-state index in [-0.39, 0.29) is 11.9 Å². The summed E-state index contributed by atoms with van der Waals surface area (Å²) in [5.41, 5.74) is 1.28. The van der Waals surface area contributed by atoms with Gasteiger partial charge in [-0.05, 0) is 38.3 Å². The van der Waals surface area contributed by atoms with E-state index in [0.29, 0.717) is 34.2 Å². The number of hydrogen-bond donors (Lipinski definition) is 1. The van der Waals surface area contributed by atoms with Crippen molar-refractivity contribution in [3.05, 3.63) is 29.8 Å². The maximum absolute atomic E-state index is 12.5. The second-order valence-electron chi connectivity index (χ2n) is 6.54. The Morgan fingerprint density at radius 2 is 2.43 bits per heavy atom. The number of nitrogens with zero attached hydrogens (tertiary/aromatic N) is 3. The van der Waals surface area contributed by atoms with E-state index >= 15 is 0 Å². The minimum Gasteiger partial charge on any atom is -0.461 e. The van der Waals surface area contributed by atoms with Crippen LogP contribution in [0, 0.1) is 17.2 Å². The highest BCUT2D eigenvalue weighted by Crippen LogP contribution is 2.32. The lowest BCUT2D eigenvalue weighted by Crippen LogP contribution is -2.60. The van der Waals surface area contributed by atoms with Crippen LogP contribution < -0.4 is 5.32 Å². The van der Waals surface area contributed by atoms with Gasteiger partial charge >= 0.3 is 0 Å². The van der Waals surface area contributed by atoms with Gasteiger partial charge in [-0.1, -0.05) is 0 Å². The molecule has 1 amide bonds. The Hall–Kier alpha value is -2.39. The highest BCUT2D eigenvalue weighted by molar-refractivity contribution is 5.96. The van der Waals surface area contributed by atoms with E-state index in [9.17, 15) is 4.79 Å². The molecule has 2 bridgehead atoms. The first-order valence-electron chi connectivity index (χ1n) is 7.98. The summed E-state index contributed by atoms with van der Waals surface area (Å²) < 4.78 is 5.25. The molecule has 3 aliphatic heterocycles. The van der Waals surface area contributed by atoms with Crippen LogP contribution in [0.5, 0.6) is 0 Å². The van der Waals surface area contributed by atoms with Crippen molar-refractivity contribution in [3.8, 4) is 6.07 Å². The van der Waals surface area contributed by atoms with E-state index in [1.807, 2.05) is 0 Å². The van der Waals surface area contributed by atoms with E-state index in [4.69, 9.17) is 9.68 Å². The first-order chi connectivity index (χ1) is 11.2. The summed E-state index contributed by atoms with van der Waals surface area (Å²) in [6.07, 6.45) is 5.17. The van der Waals surface area contributed by atoms with Gasteiger partial charge in [0.1, 0.15) is 18.0 Å². The molecular formula is C17H18N4O2. The molecule has 3 fully saturated rings. The third kappa shape index (κ3) is 2.37. The number of piperidine rings is 3. The Morgan fingerprint density at radius 3 is 3.13 bits per heavy atom. The molecule has 1 N–H and O–H groups in total. The van der Waals surface area contributed by atoms with Crippen molar-refractivity contribution in [2.75, 3.05) is 13.1 Å². The van der Waals surface area contributed by atoms with Crippen LogP contribution in [0.1, 0.15) is 35.8 Å². The Bertz CT molecular complexity index is 807. The first kappa shape index (κ1) is 14.2. The van der Waals surface area contributed by atoms with E-state index in [2.05, 4.69) is 28.2 Å². The van der Waals surface area contributed by atoms with Gasteiger partial charge in [0, 0.05) is 24.0 Å². The summed E-state index contributed by atoms with van der Waals surface area (Å²) in [5.74, 6) is 0.370. The smallest absolute Gasteiger partial charge is 0.270 e. The van der Waals surface area contributed by atoms with Gasteiger partial charge in [0.15, 0.2) is 5.58 Å². The number of carbonyl (C=O) groups is 1. The van der Waals surface area contributed by atoms with Crippen molar-refractivity contribution in [2.24, 2.45) is 5.92 Å². The molecule has 0 radical (unpaired) electrons. The normalized spacial score (nSPS) is 29.4. The molecule has 0 aromatic carbocycles. The molecule has 0 saturated carbocycles. The van der Waals surface area contributed by atoms with Gasteiger partial charge in [0.05, 0.1) is 11.8 Å². The summed E-state index contributed by atoms with van der Waals surface area (Å²) in [5, 5.41) is 12.8. The number of furan rings is 1. The van der Waals surface area contributed by atoms with Gasteiger partial charge in [-0.15, -0.1) is 0 Å². The lowest BCUT2D eigenvalue weighted by Gasteiger charge is -2.48. The second-order valence-corrected chi connectivity index (χ2v) is 6.54. The fourth-order valence-corrected chi connectivity index (χ4v) is 3.85. The molecule has 6 nitrogen and oxygen atoms in total. The van der Waals surface area contributed by atoms with Crippen LogP contribution in [-0.2, 0) is 0 Å². The lowest BCUT2D eigenvalue weighted by molar-refractivity contribution is 0.0273. The maximum atomic E-state index is 12.5. The molecule has 2 aromatic heterocycles. The largest absolute Gasteiger partial charge is 0.461 e. The fraction of sp³-hybridized carbons (Fsp3) is 0.471. The average molecular weight is 310 g/mol. The molecule has 4 unspecified atom stereocenters. The molecule has 6 heteroatoms. The highest BCUT2D eigenvalue weighted by atomic mass is 16.3. The zero-order chi connectivity index (χ0) is 16.0. The van der Waals surface area contributed by atoms with E-state index in [1.165, 1.54) is 12.5 Å². The average Bonchev–Trinajstić information content (AvgIpc) is 2.98. The number of hydrogen-bond acceptors (Lipinski definition) is 5.